The summed E-state index contributed by atoms with van der Waals surface area (Å²) in [4.78, 5) is 10.4. The predicted octanol–water partition coefficient (Wildman–Crippen LogP) is 2.26. The van der Waals surface area contributed by atoms with Gasteiger partial charge in [0.2, 0.25) is 0 Å². The van der Waals surface area contributed by atoms with Gasteiger partial charge in [-0.05, 0) is 12.1 Å². The first kappa shape index (κ1) is 5.18. The summed E-state index contributed by atoms with van der Waals surface area (Å²) >= 11 is 3.19. The van der Waals surface area contributed by atoms with E-state index in [4.69, 9.17) is 1.37 Å². The quantitative estimate of drug-likeness (QED) is 0.614. The maximum absolute atomic E-state index is 10.4. The van der Waals surface area contributed by atoms with Crippen LogP contribution in [-0.4, -0.2) is 6.26 Å². The van der Waals surface area contributed by atoms with Crippen LogP contribution in [0.5, 0.6) is 0 Å². The summed E-state index contributed by atoms with van der Waals surface area (Å²) in [5.74, 6) is 0. The lowest BCUT2D eigenvalue weighted by Crippen LogP contribution is -1.75. The molecule has 0 bridgehead atoms. The van der Waals surface area contributed by atoms with Crippen molar-refractivity contribution < 1.29 is 6.17 Å². The molecule has 0 heterocycles. The van der Waals surface area contributed by atoms with Crippen LogP contribution in [0.4, 0.5) is 0 Å². The van der Waals surface area contributed by atoms with Gasteiger partial charge in [-0.2, -0.15) is 0 Å². The molecule has 0 fully saturated rings. The molecule has 0 amide bonds. The van der Waals surface area contributed by atoms with Crippen LogP contribution in [0.3, 0.4) is 0 Å². The molecule has 1 nitrogen and oxygen atoms in total. The fourth-order valence-corrected chi connectivity index (χ4v) is 0.951. The Hall–Kier alpha value is -0.630. The lowest BCUT2D eigenvalue weighted by molar-refractivity contribution is 0.112. The molecule has 0 spiro atoms. The lowest BCUT2D eigenvalue weighted by atomic mass is 10.2. The average Bonchev–Trinajstić information content (AvgIpc) is 1.88. The minimum absolute atomic E-state index is 0.411. The van der Waals surface area contributed by atoms with E-state index in [0.717, 1.165) is 4.47 Å². The van der Waals surface area contributed by atoms with Crippen LogP contribution in [0.15, 0.2) is 28.7 Å². The molecule has 0 aliphatic rings. The molecular weight excluding hydrogens is 180 g/mol. The van der Waals surface area contributed by atoms with Gasteiger partial charge in [0.05, 0.1) is 0 Å². The third-order valence-electron chi connectivity index (χ3n) is 0.942. The van der Waals surface area contributed by atoms with Crippen molar-refractivity contribution in [2.45, 2.75) is 0 Å². The van der Waals surface area contributed by atoms with E-state index in [0.29, 0.717) is 5.56 Å². The third kappa shape index (κ3) is 1.64. The average molecular weight is 186 g/mol. The van der Waals surface area contributed by atoms with E-state index >= 15 is 0 Å². The number of carbonyl (C=O) groups is 1. The van der Waals surface area contributed by atoms with Gasteiger partial charge in [-0.3, -0.25) is 4.79 Å². The SMILES string of the molecule is [2H]C(=O)c1cccc(Br)c1. The number of rotatable bonds is 1. The molecule has 0 aliphatic heterocycles. The van der Waals surface area contributed by atoms with Crippen LogP contribution in [0.2, 0.25) is 0 Å². The predicted molar refractivity (Wildman–Crippen MR) is 39.5 cm³/mol. The topological polar surface area (TPSA) is 17.1 Å². The van der Waals surface area contributed by atoms with Gasteiger partial charge < -0.3 is 0 Å². The van der Waals surface area contributed by atoms with Crippen LogP contribution in [0.25, 0.3) is 0 Å². The molecule has 0 aliphatic carbocycles. The van der Waals surface area contributed by atoms with Crippen LogP contribution >= 0.6 is 15.9 Å². The van der Waals surface area contributed by atoms with E-state index in [2.05, 4.69) is 15.9 Å². The molecule has 2 heteroatoms. The maximum atomic E-state index is 10.4. The molecule has 0 saturated carbocycles. The molecule has 1 rings (SSSR count). The van der Waals surface area contributed by atoms with Gasteiger partial charge in [0.25, 0.3) is 0 Å². The zero-order valence-corrected chi connectivity index (χ0v) is 6.18. The summed E-state index contributed by atoms with van der Waals surface area (Å²) < 4.78 is 7.58. The van der Waals surface area contributed by atoms with Gasteiger partial charge in [-0.1, -0.05) is 28.1 Å². The van der Waals surface area contributed by atoms with E-state index in [9.17, 15) is 4.79 Å². The molecular formula is C7H5BrO. The van der Waals surface area contributed by atoms with Crippen molar-refractivity contribution in [2.24, 2.45) is 0 Å². The second-order valence-electron chi connectivity index (χ2n) is 1.61. The van der Waals surface area contributed by atoms with Crippen LogP contribution in [-0.2, 0) is 0 Å². The first-order valence-electron chi connectivity index (χ1n) is 2.96. The molecule has 0 radical (unpaired) electrons. The van der Waals surface area contributed by atoms with E-state index in [-0.39, 0.29) is 0 Å². The Labute approximate surface area is 63.2 Å². The van der Waals surface area contributed by atoms with Crippen LogP contribution in [0, 0.1) is 0 Å². The number of halogens is 1. The monoisotopic (exact) mass is 185 g/mol. The molecule has 46 valence electrons. The minimum Gasteiger partial charge on any atom is -0.298 e. The Morgan fingerprint density at radius 2 is 2.44 bits per heavy atom. The maximum Gasteiger partial charge on any atom is 0.150 e. The van der Waals surface area contributed by atoms with Gasteiger partial charge in [-0.15, -0.1) is 0 Å². The summed E-state index contributed by atoms with van der Waals surface area (Å²) in [6.45, 7) is 0. The van der Waals surface area contributed by atoms with Gasteiger partial charge in [0, 0.05) is 10.0 Å². The molecule has 0 N–H and O–H groups in total. The Kier molecular flexibility index (Phi) is 1.60. The zero-order valence-electron chi connectivity index (χ0n) is 5.60. The Morgan fingerprint density at radius 1 is 1.67 bits per heavy atom. The summed E-state index contributed by atoms with van der Waals surface area (Å²) in [7, 11) is 0. The first-order chi connectivity index (χ1) is 4.70. The van der Waals surface area contributed by atoms with Gasteiger partial charge in [-0.25, -0.2) is 0 Å². The van der Waals surface area contributed by atoms with Crippen molar-refractivity contribution in [1.82, 2.24) is 0 Å². The van der Waals surface area contributed by atoms with E-state index in [1.165, 1.54) is 0 Å². The van der Waals surface area contributed by atoms with Crippen molar-refractivity contribution in [3.05, 3.63) is 34.3 Å². The molecule has 0 aromatic heterocycles. The van der Waals surface area contributed by atoms with E-state index in [1.807, 2.05) is 6.07 Å². The number of aldehydes is 1. The molecule has 0 unspecified atom stereocenters. The van der Waals surface area contributed by atoms with Crippen LogP contribution in [0.1, 0.15) is 11.7 Å². The normalized spacial score (nSPS) is 10.6. The standard InChI is InChI=1S/C7H5BrO/c8-7-3-1-2-6(4-7)5-9/h1-5H/i5D. The second-order valence-corrected chi connectivity index (χ2v) is 2.53. The summed E-state index contributed by atoms with van der Waals surface area (Å²) in [5, 5.41) is 0. The number of benzene rings is 1. The highest BCUT2D eigenvalue weighted by atomic mass is 79.9. The highest BCUT2D eigenvalue weighted by Gasteiger charge is 1.87. The van der Waals surface area contributed by atoms with E-state index < -0.39 is 6.26 Å². The number of hydrogen-bond acceptors (Lipinski definition) is 1. The van der Waals surface area contributed by atoms with Crippen LogP contribution < -0.4 is 0 Å². The summed E-state index contributed by atoms with van der Waals surface area (Å²) in [6.07, 6.45) is -0.652. The summed E-state index contributed by atoms with van der Waals surface area (Å²) in [5.41, 5.74) is 0.411. The van der Waals surface area contributed by atoms with Crippen molar-refractivity contribution >= 4 is 22.2 Å². The van der Waals surface area contributed by atoms with Gasteiger partial charge >= 0.3 is 0 Å². The first-order valence-corrected chi connectivity index (χ1v) is 3.26. The molecule has 9 heavy (non-hydrogen) atoms. The van der Waals surface area contributed by atoms with Gasteiger partial charge in [0.1, 0.15) is 7.63 Å². The van der Waals surface area contributed by atoms with E-state index in [1.54, 1.807) is 18.2 Å². The highest BCUT2D eigenvalue weighted by Crippen LogP contribution is 2.09. The van der Waals surface area contributed by atoms with Crippen molar-refractivity contribution in [3.63, 3.8) is 0 Å². The summed E-state index contributed by atoms with van der Waals surface area (Å²) in [6, 6.07) is 6.77. The smallest absolute Gasteiger partial charge is 0.150 e. The second kappa shape index (κ2) is 2.78. The van der Waals surface area contributed by atoms with Crippen molar-refractivity contribution in [2.75, 3.05) is 0 Å². The molecule has 1 aromatic carbocycles. The fourth-order valence-electron chi connectivity index (χ4n) is 0.552. The largest absolute Gasteiger partial charge is 0.298 e. The van der Waals surface area contributed by atoms with Gasteiger partial charge in [0.15, 0.2) is 0 Å². The lowest BCUT2D eigenvalue weighted by Gasteiger charge is -1.88. The van der Waals surface area contributed by atoms with Crippen molar-refractivity contribution in [1.29, 1.82) is 0 Å². The fraction of sp³-hybridized carbons (Fsp3) is 0. The number of hydrogen-bond donors (Lipinski definition) is 0. The zero-order chi connectivity index (χ0) is 7.56. The highest BCUT2D eigenvalue weighted by molar-refractivity contribution is 9.10. The Bertz CT molecular complexity index is 260. The molecule has 0 atom stereocenters. The molecule has 1 aromatic rings. The Morgan fingerprint density at radius 3 is 2.89 bits per heavy atom. The third-order valence-corrected chi connectivity index (χ3v) is 1.44. The molecule has 0 saturated heterocycles. The van der Waals surface area contributed by atoms with Crippen molar-refractivity contribution in [3.8, 4) is 0 Å². The number of carbonyl (C=O) groups excluding carboxylic acids is 1. The minimum atomic E-state index is -0.652. The Balaban J connectivity index is 3.07.